The van der Waals surface area contributed by atoms with Crippen LogP contribution >= 0.6 is 0 Å². The minimum atomic E-state index is 0.119. The minimum absolute atomic E-state index is 0.119. The number of nitrogens with one attached hydrogen (secondary N) is 1. The molecular weight excluding hydrogens is 142 g/mol. The third kappa shape index (κ3) is 1.28. The maximum atomic E-state index is 9.08. The van der Waals surface area contributed by atoms with Crippen molar-refractivity contribution in [2.75, 3.05) is 6.54 Å². The molecule has 1 heterocycles. The van der Waals surface area contributed by atoms with Crippen LogP contribution in [-0.4, -0.2) is 16.8 Å². The second-order valence-corrected chi connectivity index (χ2v) is 2.74. The van der Waals surface area contributed by atoms with Crippen LogP contribution in [0.3, 0.4) is 0 Å². The van der Waals surface area contributed by atoms with Crippen LogP contribution < -0.4 is 5.32 Å². The molecule has 0 radical (unpaired) electrons. The van der Waals surface area contributed by atoms with Crippen LogP contribution in [0.4, 0.5) is 0 Å². The summed E-state index contributed by atoms with van der Waals surface area (Å²) in [6, 6.07) is 4.97. The molecule has 3 N–H and O–H groups in total. The summed E-state index contributed by atoms with van der Waals surface area (Å²) in [5.74, 6) is 0.238. The van der Waals surface area contributed by atoms with Crippen molar-refractivity contribution in [3.8, 4) is 11.5 Å². The molecule has 11 heavy (non-hydrogen) atoms. The number of phenolic OH excluding ortho intramolecular Hbond substituents is 2. The first-order valence-electron chi connectivity index (χ1n) is 3.52. The lowest BCUT2D eigenvalue weighted by molar-refractivity contribution is 0.449. The molecule has 1 fully saturated rings. The van der Waals surface area contributed by atoms with Crippen molar-refractivity contribution in [1.82, 2.24) is 5.32 Å². The highest BCUT2D eigenvalue weighted by Crippen LogP contribution is 2.28. The standard InChI is InChI=1S/C8H9NO2/c10-6-1-5(8-4-9-8)2-7(11)3-6/h1-3,8-11H,4H2/t8-/m1/s1. The van der Waals surface area contributed by atoms with E-state index in [0.29, 0.717) is 6.04 Å². The molecule has 2 rings (SSSR count). The number of hydrogen-bond acceptors (Lipinski definition) is 3. The highest BCUT2D eigenvalue weighted by atomic mass is 16.3. The largest absolute Gasteiger partial charge is 0.508 e. The lowest BCUT2D eigenvalue weighted by atomic mass is 10.1. The summed E-state index contributed by atoms with van der Waals surface area (Å²) in [4.78, 5) is 0. The van der Waals surface area contributed by atoms with E-state index in [2.05, 4.69) is 5.32 Å². The number of phenols is 2. The molecule has 0 aliphatic carbocycles. The highest BCUT2D eigenvalue weighted by Gasteiger charge is 2.22. The van der Waals surface area contributed by atoms with Crippen LogP contribution in [-0.2, 0) is 0 Å². The monoisotopic (exact) mass is 151 g/mol. The van der Waals surface area contributed by atoms with Crippen molar-refractivity contribution in [2.45, 2.75) is 6.04 Å². The second kappa shape index (κ2) is 2.13. The van der Waals surface area contributed by atoms with Gasteiger partial charge in [0.05, 0.1) is 0 Å². The topological polar surface area (TPSA) is 62.4 Å². The van der Waals surface area contributed by atoms with E-state index in [1.165, 1.54) is 6.07 Å². The van der Waals surface area contributed by atoms with Crippen molar-refractivity contribution >= 4 is 0 Å². The minimum Gasteiger partial charge on any atom is -0.508 e. The molecule has 0 bridgehead atoms. The molecule has 3 heteroatoms. The SMILES string of the molecule is Oc1cc(O)cc([C@H]2CN2)c1. The average Bonchev–Trinajstić information content (AvgIpc) is 2.64. The molecule has 1 aliphatic heterocycles. The summed E-state index contributed by atoms with van der Waals surface area (Å²) < 4.78 is 0. The Kier molecular flexibility index (Phi) is 1.26. The van der Waals surface area contributed by atoms with Gasteiger partial charge in [-0.25, -0.2) is 0 Å². The van der Waals surface area contributed by atoms with E-state index in [-0.39, 0.29) is 11.5 Å². The van der Waals surface area contributed by atoms with Crippen molar-refractivity contribution < 1.29 is 10.2 Å². The second-order valence-electron chi connectivity index (χ2n) is 2.74. The van der Waals surface area contributed by atoms with Crippen molar-refractivity contribution in [2.24, 2.45) is 0 Å². The first-order chi connectivity index (χ1) is 5.25. The summed E-state index contributed by atoms with van der Waals surface area (Å²) in [6.45, 7) is 0.933. The quantitative estimate of drug-likeness (QED) is 0.519. The molecule has 0 unspecified atom stereocenters. The number of aromatic hydroxyl groups is 2. The molecule has 3 nitrogen and oxygen atoms in total. The Bertz CT molecular complexity index is 261. The zero-order chi connectivity index (χ0) is 7.84. The Morgan fingerprint density at radius 3 is 2.18 bits per heavy atom. The Morgan fingerprint density at radius 1 is 1.18 bits per heavy atom. The zero-order valence-corrected chi connectivity index (χ0v) is 5.91. The normalized spacial score (nSPS) is 21.6. The Morgan fingerprint density at radius 2 is 1.73 bits per heavy atom. The van der Waals surface area contributed by atoms with E-state index in [4.69, 9.17) is 10.2 Å². The van der Waals surface area contributed by atoms with E-state index in [1.807, 2.05) is 0 Å². The maximum Gasteiger partial charge on any atom is 0.119 e. The van der Waals surface area contributed by atoms with Crippen LogP contribution in [0.25, 0.3) is 0 Å². The van der Waals surface area contributed by atoms with Gasteiger partial charge in [0, 0.05) is 18.7 Å². The average molecular weight is 151 g/mol. The molecule has 0 spiro atoms. The fourth-order valence-corrected chi connectivity index (χ4v) is 1.11. The van der Waals surface area contributed by atoms with Gasteiger partial charge < -0.3 is 15.5 Å². The molecule has 0 amide bonds. The summed E-state index contributed by atoms with van der Waals surface area (Å²) in [5, 5.41) is 21.2. The molecule has 1 aromatic carbocycles. The van der Waals surface area contributed by atoms with Crippen molar-refractivity contribution in [3.05, 3.63) is 23.8 Å². The predicted molar refractivity (Wildman–Crippen MR) is 40.5 cm³/mol. The van der Waals surface area contributed by atoms with E-state index < -0.39 is 0 Å². The zero-order valence-electron chi connectivity index (χ0n) is 5.91. The third-order valence-corrected chi connectivity index (χ3v) is 1.74. The van der Waals surface area contributed by atoms with Gasteiger partial charge in [-0.1, -0.05) is 0 Å². The molecule has 1 aromatic rings. The van der Waals surface area contributed by atoms with Gasteiger partial charge in [0.1, 0.15) is 11.5 Å². The molecule has 58 valence electrons. The van der Waals surface area contributed by atoms with Crippen molar-refractivity contribution in [1.29, 1.82) is 0 Å². The van der Waals surface area contributed by atoms with E-state index in [9.17, 15) is 0 Å². The van der Waals surface area contributed by atoms with Gasteiger partial charge in [-0.2, -0.15) is 0 Å². The van der Waals surface area contributed by atoms with Gasteiger partial charge in [-0.05, 0) is 17.7 Å². The van der Waals surface area contributed by atoms with Crippen LogP contribution in [0, 0.1) is 0 Å². The first kappa shape index (κ1) is 6.49. The smallest absolute Gasteiger partial charge is 0.119 e. The van der Waals surface area contributed by atoms with Crippen LogP contribution in [0.2, 0.25) is 0 Å². The molecule has 0 aromatic heterocycles. The van der Waals surface area contributed by atoms with Gasteiger partial charge in [-0.3, -0.25) is 0 Å². The first-order valence-corrected chi connectivity index (χ1v) is 3.52. The molecule has 1 aliphatic rings. The summed E-state index contributed by atoms with van der Waals surface area (Å²) in [5.41, 5.74) is 0.947. The highest BCUT2D eigenvalue weighted by molar-refractivity contribution is 5.39. The molecule has 1 saturated heterocycles. The fourth-order valence-electron chi connectivity index (χ4n) is 1.11. The van der Waals surface area contributed by atoms with Gasteiger partial charge in [0.15, 0.2) is 0 Å². The van der Waals surface area contributed by atoms with Crippen molar-refractivity contribution in [3.63, 3.8) is 0 Å². The number of hydrogen-bond donors (Lipinski definition) is 3. The van der Waals surface area contributed by atoms with E-state index in [1.54, 1.807) is 12.1 Å². The summed E-state index contributed by atoms with van der Waals surface area (Å²) in [6.07, 6.45) is 0. The maximum absolute atomic E-state index is 9.08. The molecule has 1 atom stereocenters. The lowest BCUT2D eigenvalue weighted by Gasteiger charge is -1.99. The molecular formula is C8H9NO2. The summed E-state index contributed by atoms with van der Waals surface area (Å²) >= 11 is 0. The van der Waals surface area contributed by atoms with Gasteiger partial charge in [0.25, 0.3) is 0 Å². The van der Waals surface area contributed by atoms with Gasteiger partial charge in [-0.15, -0.1) is 0 Å². The fraction of sp³-hybridized carbons (Fsp3) is 0.250. The predicted octanol–water partition coefficient (Wildman–Crippen LogP) is 0.742. The molecule has 0 saturated carbocycles. The van der Waals surface area contributed by atoms with Crippen LogP contribution in [0.5, 0.6) is 11.5 Å². The summed E-state index contributed by atoms with van der Waals surface area (Å²) in [7, 11) is 0. The number of benzene rings is 1. The Balaban J connectivity index is 2.39. The van der Waals surface area contributed by atoms with Gasteiger partial charge >= 0.3 is 0 Å². The Hall–Kier alpha value is -1.22. The Labute approximate surface area is 64.3 Å². The van der Waals surface area contributed by atoms with E-state index in [0.717, 1.165) is 12.1 Å². The van der Waals surface area contributed by atoms with Crippen LogP contribution in [0.1, 0.15) is 11.6 Å². The number of rotatable bonds is 1. The lowest BCUT2D eigenvalue weighted by Crippen LogP contribution is -1.82. The van der Waals surface area contributed by atoms with Crippen LogP contribution in [0.15, 0.2) is 18.2 Å². The van der Waals surface area contributed by atoms with Gasteiger partial charge in [0.2, 0.25) is 0 Å². The third-order valence-electron chi connectivity index (χ3n) is 1.74. The van der Waals surface area contributed by atoms with E-state index >= 15 is 0 Å².